The summed E-state index contributed by atoms with van der Waals surface area (Å²) in [5.41, 5.74) is 0. The van der Waals surface area contributed by atoms with Gasteiger partial charge in [-0.2, -0.15) is 0 Å². The van der Waals surface area contributed by atoms with E-state index in [0.717, 1.165) is 6.08 Å². The summed E-state index contributed by atoms with van der Waals surface area (Å²) in [6, 6.07) is 0. The minimum atomic E-state index is -1.55. The summed E-state index contributed by atoms with van der Waals surface area (Å²) in [5, 5.41) is 25.2. The Kier molecular flexibility index (Phi) is 3.04. The molecule has 0 saturated carbocycles. The van der Waals surface area contributed by atoms with E-state index in [-0.39, 0.29) is 0 Å². The third kappa shape index (κ3) is 2.21. The van der Waals surface area contributed by atoms with Crippen LogP contribution in [0.3, 0.4) is 0 Å². The van der Waals surface area contributed by atoms with Gasteiger partial charge in [-0.3, -0.25) is 0 Å². The first-order valence-corrected chi connectivity index (χ1v) is 2.57. The normalized spacial score (nSPS) is 13.3. The van der Waals surface area contributed by atoms with Crippen LogP contribution in [0.4, 0.5) is 0 Å². The van der Waals surface area contributed by atoms with Crippen molar-refractivity contribution in [1.29, 1.82) is 0 Å². The molecule has 0 aliphatic carbocycles. The van der Waals surface area contributed by atoms with E-state index >= 15 is 0 Å². The lowest BCUT2D eigenvalue weighted by Gasteiger charge is -1.92. The van der Waals surface area contributed by atoms with Crippen molar-refractivity contribution in [3.05, 3.63) is 23.7 Å². The SMILES string of the molecule is C/C=C/C(O)=C(\O)C(=O)O. The van der Waals surface area contributed by atoms with E-state index in [1.54, 1.807) is 6.92 Å². The molecule has 0 rings (SSSR count). The molecule has 56 valence electrons. The summed E-state index contributed by atoms with van der Waals surface area (Å²) >= 11 is 0. The molecule has 0 spiro atoms. The number of rotatable bonds is 2. The quantitative estimate of drug-likeness (QED) is 0.306. The molecule has 0 atom stereocenters. The van der Waals surface area contributed by atoms with Crippen molar-refractivity contribution < 1.29 is 20.1 Å². The zero-order valence-electron chi connectivity index (χ0n) is 5.40. The Hall–Kier alpha value is -1.45. The second-order valence-corrected chi connectivity index (χ2v) is 1.54. The van der Waals surface area contributed by atoms with Gasteiger partial charge >= 0.3 is 5.97 Å². The fourth-order valence-electron chi connectivity index (χ4n) is 0.346. The zero-order valence-corrected chi connectivity index (χ0v) is 5.40. The number of hydrogen-bond acceptors (Lipinski definition) is 3. The highest BCUT2D eigenvalue weighted by Crippen LogP contribution is 1.98. The van der Waals surface area contributed by atoms with Crippen molar-refractivity contribution in [3.63, 3.8) is 0 Å². The van der Waals surface area contributed by atoms with Gasteiger partial charge in [0.2, 0.25) is 5.76 Å². The molecule has 4 heteroatoms. The fraction of sp³-hybridized carbons (Fsp3) is 0.167. The standard InChI is InChI=1S/C6H8O4/c1-2-3-4(7)5(8)6(9)10/h2-3,7-8H,1H3,(H,9,10)/b3-2+,5-4+. The summed E-state index contributed by atoms with van der Waals surface area (Å²) in [6.45, 7) is 1.59. The third-order valence-corrected chi connectivity index (χ3v) is 0.770. The van der Waals surface area contributed by atoms with Gasteiger partial charge in [-0.15, -0.1) is 0 Å². The second-order valence-electron chi connectivity index (χ2n) is 1.54. The molecule has 0 radical (unpaired) electrons. The van der Waals surface area contributed by atoms with Crippen LogP contribution in [0, 0.1) is 0 Å². The van der Waals surface area contributed by atoms with Crippen molar-refractivity contribution in [1.82, 2.24) is 0 Å². The van der Waals surface area contributed by atoms with Gasteiger partial charge in [0, 0.05) is 0 Å². The number of carboxylic acid groups (broad SMARTS) is 1. The van der Waals surface area contributed by atoms with Crippen molar-refractivity contribution in [3.8, 4) is 0 Å². The largest absolute Gasteiger partial charge is 0.504 e. The molecule has 0 aromatic rings. The summed E-state index contributed by atoms with van der Waals surface area (Å²) in [5.74, 6) is -3.23. The topological polar surface area (TPSA) is 77.8 Å². The van der Waals surface area contributed by atoms with Crippen LogP contribution in [0.5, 0.6) is 0 Å². The zero-order chi connectivity index (χ0) is 8.15. The van der Waals surface area contributed by atoms with Crippen LogP contribution < -0.4 is 0 Å². The fourth-order valence-corrected chi connectivity index (χ4v) is 0.346. The van der Waals surface area contributed by atoms with E-state index in [0.29, 0.717) is 0 Å². The van der Waals surface area contributed by atoms with Gasteiger partial charge in [0.1, 0.15) is 0 Å². The lowest BCUT2D eigenvalue weighted by atomic mass is 10.3. The maximum atomic E-state index is 9.91. The van der Waals surface area contributed by atoms with Gasteiger partial charge in [0.25, 0.3) is 0 Å². The molecular formula is C6H8O4. The summed E-state index contributed by atoms with van der Waals surface area (Å²) in [7, 11) is 0. The highest BCUT2D eigenvalue weighted by atomic mass is 16.4. The summed E-state index contributed by atoms with van der Waals surface area (Å²) in [6.07, 6.45) is 2.50. The molecule has 0 aliphatic heterocycles. The van der Waals surface area contributed by atoms with Crippen LogP contribution >= 0.6 is 0 Å². The predicted molar refractivity (Wildman–Crippen MR) is 34.7 cm³/mol. The maximum Gasteiger partial charge on any atom is 0.374 e. The van der Waals surface area contributed by atoms with Crippen molar-refractivity contribution in [2.75, 3.05) is 0 Å². The average Bonchev–Trinajstić information content (AvgIpc) is 1.87. The van der Waals surface area contributed by atoms with Crippen molar-refractivity contribution in [2.45, 2.75) is 6.92 Å². The van der Waals surface area contributed by atoms with Crippen LogP contribution in [0.25, 0.3) is 0 Å². The lowest BCUT2D eigenvalue weighted by molar-refractivity contribution is -0.135. The molecular weight excluding hydrogens is 136 g/mol. The molecule has 0 fully saturated rings. The molecule has 4 nitrogen and oxygen atoms in total. The first-order valence-electron chi connectivity index (χ1n) is 2.57. The Morgan fingerprint density at radius 3 is 2.10 bits per heavy atom. The third-order valence-electron chi connectivity index (χ3n) is 0.770. The second kappa shape index (κ2) is 3.55. The first-order chi connectivity index (χ1) is 4.59. The number of hydrogen-bond donors (Lipinski definition) is 3. The molecule has 0 aliphatic rings. The molecule has 0 heterocycles. The number of allylic oxidation sites excluding steroid dienone is 2. The van der Waals surface area contributed by atoms with Crippen LogP contribution in [-0.4, -0.2) is 21.3 Å². The van der Waals surface area contributed by atoms with Gasteiger partial charge < -0.3 is 15.3 Å². The minimum Gasteiger partial charge on any atom is -0.504 e. The Morgan fingerprint density at radius 2 is 1.80 bits per heavy atom. The van der Waals surface area contributed by atoms with Crippen LogP contribution in [-0.2, 0) is 4.79 Å². The maximum absolute atomic E-state index is 9.91. The highest BCUT2D eigenvalue weighted by Gasteiger charge is 2.08. The molecule has 0 unspecified atom stereocenters. The van der Waals surface area contributed by atoms with E-state index < -0.39 is 17.5 Å². The number of carbonyl (C=O) groups is 1. The van der Waals surface area contributed by atoms with E-state index in [2.05, 4.69) is 0 Å². The van der Waals surface area contributed by atoms with Crippen molar-refractivity contribution in [2.24, 2.45) is 0 Å². The van der Waals surface area contributed by atoms with E-state index in [4.69, 9.17) is 15.3 Å². The average molecular weight is 144 g/mol. The number of aliphatic hydroxyl groups is 2. The van der Waals surface area contributed by atoms with Crippen LogP contribution in [0.2, 0.25) is 0 Å². The Morgan fingerprint density at radius 1 is 1.30 bits per heavy atom. The number of aliphatic hydroxyl groups excluding tert-OH is 2. The number of aliphatic carboxylic acids is 1. The van der Waals surface area contributed by atoms with Crippen LogP contribution in [0.1, 0.15) is 6.92 Å². The Labute approximate surface area is 57.7 Å². The van der Waals surface area contributed by atoms with Gasteiger partial charge in [-0.25, -0.2) is 4.79 Å². The molecule has 0 amide bonds. The smallest absolute Gasteiger partial charge is 0.374 e. The predicted octanol–water partition coefficient (Wildman–Crippen LogP) is 0.975. The van der Waals surface area contributed by atoms with E-state index in [1.165, 1.54) is 6.08 Å². The Bertz CT molecular complexity index is 190. The van der Waals surface area contributed by atoms with Gasteiger partial charge in [-0.1, -0.05) is 6.08 Å². The van der Waals surface area contributed by atoms with Gasteiger partial charge in [0.05, 0.1) is 0 Å². The summed E-state index contributed by atoms with van der Waals surface area (Å²) in [4.78, 5) is 9.91. The van der Waals surface area contributed by atoms with E-state index in [1.807, 2.05) is 0 Å². The van der Waals surface area contributed by atoms with Crippen molar-refractivity contribution >= 4 is 5.97 Å². The van der Waals surface area contributed by atoms with Gasteiger partial charge in [0.15, 0.2) is 5.76 Å². The minimum absolute atomic E-state index is 0.644. The molecule has 3 N–H and O–H groups in total. The van der Waals surface area contributed by atoms with E-state index in [9.17, 15) is 4.79 Å². The number of carboxylic acids is 1. The van der Waals surface area contributed by atoms with Crippen LogP contribution in [0.15, 0.2) is 23.7 Å². The molecule has 0 aromatic carbocycles. The monoisotopic (exact) mass is 144 g/mol. The molecule has 10 heavy (non-hydrogen) atoms. The molecule has 0 bridgehead atoms. The molecule has 0 aromatic heterocycles. The molecule has 0 saturated heterocycles. The highest BCUT2D eigenvalue weighted by molar-refractivity contribution is 5.84. The Balaban J connectivity index is 4.50. The van der Waals surface area contributed by atoms with Gasteiger partial charge in [-0.05, 0) is 13.0 Å². The first kappa shape index (κ1) is 8.55. The summed E-state index contributed by atoms with van der Waals surface area (Å²) < 4.78 is 0. The lowest BCUT2D eigenvalue weighted by Crippen LogP contribution is -2.02.